The average Bonchev–Trinajstić information content (AvgIpc) is 2.25. The molecule has 16 heavy (non-hydrogen) atoms. The highest BCUT2D eigenvalue weighted by molar-refractivity contribution is 7.55. The van der Waals surface area contributed by atoms with E-state index in [-0.39, 0.29) is 12.1 Å². The van der Waals surface area contributed by atoms with Crippen molar-refractivity contribution >= 4 is 13.8 Å². The van der Waals surface area contributed by atoms with E-state index in [1.165, 1.54) is 0 Å². The van der Waals surface area contributed by atoms with Crippen LogP contribution in [-0.2, 0) is 14.2 Å². The summed E-state index contributed by atoms with van der Waals surface area (Å²) in [6.45, 7) is 4.05. The number of hydrogen-bond donors (Lipinski definition) is 2. The summed E-state index contributed by atoms with van der Waals surface area (Å²) in [7, 11) is -0.638. The third-order valence-corrected chi connectivity index (χ3v) is 3.95. The van der Waals surface area contributed by atoms with Crippen molar-refractivity contribution < 1.29 is 24.4 Å². The lowest BCUT2D eigenvalue weighted by molar-refractivity contribution is -0.302. The summed E-state index contributed by atoms with van der Waals surface area (Å²) in [6, 6.07) is -0.380. The average molecular weight is 249 g/mol. The molecule has 0 aromatic heterocycles. The van der Waals surface area contributed by atoms with E-state index in [4.69, 9.17) is 14.2 Å². The molecule has 2 rings (SSSR count). The van der Waals surface area contributed by atoms with Gasteiger partial charge >= 0.3 is 6.03 Å². The smallest absolute Gasteiger partial charge is 0.324 e. The molecular formula is C10H18O5P+. The molecule has 7 unspecified atom stereocenters. The summed E-state index contributed by atoms with van der Waals surface area (Å²) < 4.78 is 16.6. The van der Waals surface area contributed by atoms with E-state index in [0.29, 0.717) is 6.61 Å². The van der Waals surface area contributed by atoms with Crippen LogP contribution in [0.2, 0.25) is 0 Å². The van der Waals surface area contributed by atoms with Crippen LogP contribution in [0, 0.1) is 0 Å². The first kappa shape index (κ1) is 12.4. The van der Waals surface area contributed by atoms with E-state index in [2.05, 4.69) is 6.30 Å². The van der Waals surface area contributed by atoms with Crippen LogP contribution in [0.15, 0.2) is 0 Å². The van der Waals surface area contributed by atoms with Gasteiger partial charge in [0.25, 0.3) is 0 Å². The van der Waals surface area contributed by atoms with Crippen LogP contribution in [0.5, 0.6) is 0 Å². The maximum absolute atomic E-state index is 9.92. The van der Waals surface area contributed by atoms with Gasteiger partial charge in [-0.2, -0.15) is 0 Å². The molecule has 0 aliphatic carbocycles. The summed E-state index contributed by atoms with van der Waals surface area (Å²) in [5.41, 5.74) is 0. The van der Waals surface area contributed by atoms with Crippen molar-refractivity contribution in [3.8, 4) is 0 Å². The Hall–Kier alpha value is -0.0300. The maximum atomic E-state index is 9.92. The van der Waals surface area contributed by atoms with Crippen LogP contribution >= 0.6 is 7.55 Å². The van der Waals surface area contributed by atoms with Crippen LogP contribution in [0.25, 0.3) is 0 Å². The highest BCUT2D eigenvalue weighted by Gasteiger charge is 2.48. The van der Waals surface area contributed by atoms with Gasteiger partial charge in [0.05, 0.1) is 19.0 Å². The zero-order valence-corrected chi connectivity index (χ0v) is 10.3. The molecule has 2 saturated heterocycles. The van der Waals surface area contributed by atoms with E-state index in [9.17, 15) is 10.2 Å². The predicted molar refractivity (Wildman–Crippen MR) is 60.9 cm³/mol. The summed E-state index contributed by atoms with van der Waals surface area (Å²) >= 11 is 0. The van der Waals surface area contributed by atoms with Crippen molar-refractivity contribution in [1.82, 2.24) is 0 Å². The van der Waals surface area contributed by atoms with Gasteiger partial charge in [-0.1, -0.05) is 0 Å². The molecule has 0 saturated carbocycles. The predicted octanol–water partition coefficient (Wildman–Crippen LogP) is -0.262. The number of fused-ring (bicyclic) bond motifs is 1. The van der Waals surface area contributed by atoms with Crippen molar-refractivity contribution in [3.05, 3.63) is 0 Å². The lowest BCUT2D eigenvalue weighted by Crippen LogP contribution is -2.61. The maximum Gasteiger partial charge on any atom is 0.324 e. The number of ether oxygens (including phenoxy) is 3. The quantitative estimate of drug-likeness (QED) is 0.627. The van der Waals surface area contributed by atoms with Crippen molar-refractivity contribution in [2.45, 2.75) is 43.5 Å². The fourth-order valence-corrected chi connectivity index (χ4v) is 2.70. The summed E-state index contributed by atoms with van der Waals surface area (Å²) in [5, 5.41) is 19.6. The van der Waals surface area contributed by atoms with Gasteiger partial charge in [-0.05, 0) is 6.92 Å². The first-order valence-corrected chi connectivity index (χ1v) is 7.37. The van der Waals surface area contributed by atoms with Crippen LogP contribution in [0.3, 0.4) is 0 Å². The van der Waals surface area contributed by atoms with Gasteiger partial charge < -0.3 is 24.4 Å². The number of rotatable bonds is 1. The highest BCUT2D eigenvalue weighted by Crippen LogP contribution is 2.35. The van der Waals surface area contributed by atoms with Crippen molar-refractivity contribution in [2.75, 3.05) is 13.3 Å². The molecule has 92 valence electrons. The minimum Gasteiger partial charge on any atom is -0.388 e. The van der Waals surface area contributed by atoms with Crippen molar-refractivity contribution in [3.63, 3.8) is 0 Å². The zero-order chi connectivity index (χ0) is 11.9. The molecule has 7 atom stereocenters. The Balaban J connectivity index is 2.08. The molecule has 0 aromatic carbocycles. The third kappa shape index (κ3) is 2.16. The van der Waals surface area contributed by atoms with Gasteiger partial charge in [-0.3, -0.25) is 0 Å². The Kier molecular flexibility index (Phi) is 3.64. The van der Waals surface area contributed by atoms with Gasteiger partial charge in [0, 0.05) is 0 Å². The Labute approximate surface area is 95.7 Å². The number of hydrogen-bond acceptors (Lipinski definition) is 5. The molecule has 2 aliphatic rings. The molecule has 6 heteroatoms. The van der Waals surface area contributed by atoms with Crippen LogP contribution in [0.1, 0.15) is 6.92 Å². The molecule has 2 aliphatic heterocycles. The van der Waals surface area contributed by atoms with Gasteiger partial charge in [0.15, 0.2) is 0 Å². The van der Waals surface area contributed by atoms with E-state index < -0.39 is 32.0 Å². The van der Waals surface area contributed by atoms with E-state index in [0.717, 1.165) is 0 Å². The summed E-state index contributed by atoms with van der Waals surface area (Å²) in [4.78, 5) is 0. The first-order chi connectivity index (χ1) is 7.50. The third-order valence-electron chi connectivity index (χ3n) is 2.96. The summed E-state index contributed by atoms with van der Waals surface area (Å²) in [6.07, 6.45) is 0.835. The largest absolute Gasteiger partial charge is 0.388 e. The molecule has 0 radical (unpaired) electrons. The lowest BCUT2D eigenvalue weighted by atomic mass is 9.95. The van der Waals surface area contributed by atoms with Gasteiger partial charge in [0.2, 0.25) is 0 Å². The summed E-state index contributed by atoms with van der Waals surface area (Å²) in [5.74, 6) is 0. The molecule has 0 aromatic rings. The lowest BCUT2D eigenvalue weighted by Gasteiger charge is -2.44. The van der Waals surface area contributed by atoms with Crippen LogP contribution < -0.4 is 0 Å². The minimum absolute atomic E-state index is 0.306. The van der Waals surface area contributed by atoms with Gasteiger partial charge in [-0.15, -0.1) is 0 Å². The highest BCUT2D eigenvalue weighted by atomic mass is 31.1. The van der Waals surface area contributed by atoms with E-state index >= 15 is 0 Å². The Morgan fingerprint density at radius 2 is 1.94 bits per heavy atom. The second-order valence-corrected chi connectivity index (χ2v) is 6.29. The topological polar surface area (TPSA) is 68.2 Å². The SMILES string of the molecule is C=[P+](C)C1OCC2OC(C)C(O)C(O)C2O1. The molecule has 2 fully saturated rings. The van der Waals surface area contributed by atoms with Crippen LogP contribution in [-0.4, -0.2) is 66.3 Å². The zero-order valence-electron chi connectivity index (χ0n) is 9.44. The van der Waals surface area contributed by atoms with Gasteiger partial charge in [-0.25, -0.2) is 0 Å². The second kappa shape index (κ2) is 4.69. The molecule has 0 bridgehead atoms. The first-order valence-electron chi connectivity index (χ1n) is 5.32. The number of aliphatic hydroxyl groups excluding tert-OH is 2. The van der Waals surface area contributed by atoms with E-state index in [1.807, 2.05) is 6.66 Å². The van der Waals surface area contributed by atoms with Crippen molar-refractivity contribution in [2.24, 2.45) is 0 Å². The molecule has 0 spiro atoms. The minimum atomic E-state index is -0.921. The standard InChI is InChI=1S/C10H18O5P/c1-5-7(11)8(12)9-6(14-5)4-13-10(15-9)16(2)3/h5-12H,2,4H2,1,3H3/q+1. The second-order valence-electron chi connectivity index (χ2n) is 4.36. The Morgan fingerprint density at radius 3 is 2.56 bits per heavy atom. The monoisotopic (exact) mass is 249 g/mol. The van der Waals surface area contributed by atoms with Gasteiger partial charge in [0.1, 0.15) is 38.6 Å². The van der Waals surface area contributed by atoms with Crippen molar-refractivity contribution in [1.29, 1.82) is 0 Å². The molecule has 5 nitrogen and oxygen atoms in total. The molecule has 0 amide bonds. The fourth-order valence-electron chi connectivity index (χ4n) is 2.01. The molecule has 2 N–H and O–H groups in total. The van der Waals surface area contributed by atoms with E-state index in [1.54, 1.807) is 6.92 Å². The van der Waals surface area contributed by atoms with Crippen LogP contribution in [0.4, 0.5) is 0 Å². The number of aliphatic hydroxyl groups is 2. The molecule has 2 heterocycles. The molecular weight excluding hydrogens is 231 g/mol. The normalized spacial score (nSPS) is 49.6. The fraction of sp³-hybridized carbons (Fsp3) is 0.900. The Bertz CT molecular complexity index is 282. The Morgan fingerprint density at radius 1 is 1.25 bits per heavy atom.